The molecule has 1 spiro atoms. The van der Waals surface area contributed by atoms with Crippen molar-refractivity contribution in [3.63, 3.8) is 0 Å². The molecule has 3 rings (SSSR count). The molecule has 1 saturated heterocycles. The van der Waals surface area contributed by atoms with Gasteiger partial charge in [0.1, 0.15) is 10.6 Å². The Morgan fingerprint density at radius 1 is 1.20 bits per heavy atom. The Hall–Kier alpha value is -1.60. The highest BCUT2D eigenvalue weighted by molar-refractivity contribution is 7.89. The van der Waals surface area contributed by atoms with Gasteiger partial charge in [0.25, 0.3) is 0 Å². The smallest absolute Gasteiger partial charge is 0.246 e. The largest absolute Gasteiger partial charge is 0.492 e. The lowest BCUT2D eigenvalue weighted by molar-refractivity contribution is -0.137. The Balaban J connectivity index is 1.84. The number of hydrogen-bond donors (Lipinski definition) is 0. The van der Waals surface area contributed by atoms with Gasteiger partial charge in [0, 0.05) is 38.0 Å². The SMILES string of the molecule is CC(C)C(=O)N1CCC2(CC1)COc1ccccc1S(=O)(=O)N(C)C2. The average molecular weight is 366 g/mol. The van der Waals surface area contributed by atoms with E-state index in [9.17, 15) is 13.2 Å². The molecule has 0 bridgehead atoms. The van der Waals surface area contributed by atoms with Crippen molar-refractivity contribution in [2.24, 2.45) is 11.3 Å². The first kappa shape index (κ1) is 18.2. The van der Waals surface area contributed by atoms with Crippen LogP contribution in [0.25, 0.3) is 0 Å². The zero-order chi connectivity index (χ0) is 18.2. The summed E-state index contributed by atoms with van der Waals surface area (Å²) in [6.45, 7) is 5.98. The number of carbonyl (C=O) groups excluding carboxylic acids is 1. The predicted molar refractivity (Wildman–Crippen MR) is 94.8 cm³/mol. The number of para-hydroxylation sites is 1. The Bertz CT molecular complexity index is 752. The summed E-state index contributed by atoms with van der Waals surface area (Å²) >= 11 is 0. The van der Waals surface area contributed by atoms with Crippen LogP contribution in [0, 0.1) is 11.3 Å². The maximum absolute atomic E-state index is 12.8. The van der Waals surface area contributed by atoms with Gasteiger partial charge in [-0.2, -0.15) is 0 Å². The lowest BCUT2D eigenvalue weighted by Gasteiger charge is -2.44. The van der Waals surface area contributed by atoms with Crippen molar-refractivity contribution in [3.05, 3.63) is 24.3 Å². The minimum Gasteiger partial charge on any atom is -0.492 e. The van der Waals surface area contributed by atoms with Crippen LogP contribution in [0.2, 0.25) is 0 Å². The second-order valence-electron chi connectivity index (χ2n) is 7.48. The summed E-state index contributed by atoms with van der Waals surface area (Å²) in [5.74, 6) is 0.555. The molecular formula is C18H26N2O4S. The first-order valence-electron chi connectivity index (χ1n) is 8.72. The third-order valence-electron chi connectivity index (χ3n) is 5.26. The highest BCUT2D eigenvalue weighted by atomic mass is 32.2. The van der Waals surface area contributed by atoms with Crippen molar-refractivity contribution in [2.75, 3.05) is 33.3 Å². The molecule has 138 valence electrons. The molecule has 1 aromatic rings. The lowest BCUT2D eigenvalue weighted by atomic mass is 9.78. The highest BCUT2D eigenvalue weighted by Crippen LogP contribution is 2.38. The third-order valence-corrected chi connectivity index (χ3v) is 7.10. The summed E-state index contributed by atoms with van der Waals surface area (Å²) in [5, 5.41) is 0. The van der Waals surface area contributed by atoms with Gasteiger partial charge in [-0.15, -0.1) is 0 Å². The molecule has 2 aliphatic heterocycles. The van der Waals surface area contributed by atoms with Gasteiger partial charge in [0.2, 0.25) is 15.9 Å². The molecule has 6 nitrogen and oxygen atoms in total. The van der Waals surface area contributed by atoms with Gasteiger partial charge in [0.05, 0.1) is 6.61 Å². The number of carbonyl (C=O) groups is 1. The van der Waals surface area contributed by atoms with Crippen LogP contribution in [0.15, 0.2) is 29.2 Å². The van der Waals surface area contributed by atoms with E-state index in [1.807, 2.05) is 18.7 Å². The molecule has 7 heteroatoms. The minimum atomic E-state index is -3.57. The molecule has 1 fully saturated rings. The molecular weight excluding hydrogens is 340 g/mol. The zero-order valence-corrected chi connectivity index (χ0v) is 15.9. The van der Waals surface area contributed by atoms with Gasteiger partial charge in [-0.3, -0.25) is 4.79 Å². The number of piperidine rings is 1. The Morgan fingerprint density at radius 3 is 2.48 bits per heavy atom. The molecule has 0 N–H and O–H groups in total. The predicted octanol–water partition coefficient (Wildman–Crippen LogP) is 1.96. The average Bonchev–Trinajstić information content (AvgIpc) is 2.59. The third kappa shape index (κ3) is 3.40. The van der Waals surface area contributed by atoms with E-state index in [0.29, 0.717) is 32.0 Å². The van der Waals surface area contributed by atoms with Crippen molar-refractivity contribution in [1.82, 2.24) is 9.21 Å². The van der Waals surface area contributed by atoms with E-state index >= 15 is 0 Å². The van der Waals surface area contributed by atoms with E-state index in [1.54, 1.807) is 31.3 Å². The molecule has 2 aliphatic rings. The maximum atomic E-state index is 12.8. The van der Waals surface area contributed by atoms with E-state index in [0.717, 1.165) is 12.8 Å². The van der Waals surface area contributed by atoms with Crippen molar-refractivity contribution in [2.45, 2.75) is 31.6 Å². The molecule has 0 unspecified atom stereocenters. The van der Waals surface area contributed by atoms with Crippen LogP contribution in [-0.4, -0.2) is 56.8 Å². The molecule has 25 heavy (non-hydrogen) atoms. The maximum Gasteiger partial charge on any atom is 0.246 e. The zero-order valence-electron chi connectivity index (χ0n) is 15.1. The summed E-state index contributed by atoms with van der Waals surface area (Å²) in [7, 11) is -1.94. The van der Waals surface area contributed by atoms with Crippen molar-refractivity contribution < 1.29 is 17.9 Å². The number of hydrogen-bond acceptors (Lipinski definition) is 4. The number of ether oxygens (including phenoxy) is 1. The van der Waals surface area contributed by atoms with Gasteiger partial charge in [-0.25, -0.2) is 12.7 Å². The van der Waals surface area contributed by atoms with Gasteiger partial charge in [-0.1, -0.05) is 26.0 Å². The molecule has 2 heterocycles. The van der Waals surface area contributed by atoms with Crippen LogP contribution in [0.1, 0.15) is 26.7 Å². The van der Waals surface area contributed by atoms with E-state index in [4.69, 9.17) is 4.74 Å². The van der Waals surface area contributed by atoms with Crippen molar-refractivity contribution in [1.29, 1.82) is 0 Å². The first-order valence-corrected chi connectivity index (χ1v) is 10.2. The number of nitrogens with zero attached hydrogens (tertiary/aromatic N) is 2. The van der Waals surface area contributed by atoms with E-state index < -0.39 is 10.0 Å². The quantitative estimate of drug-likeness (QED) is 0.762. The molecule has 0 atom stereocenters. The van der Waals surface area contributed by atoms with E-state index in [1.165, 1.54) is 4.31 Å². The van der Waals surface area contributed by atoms with Crippen LogP contribution in [0.3, 0.4) is 0 Å². The van der Waals surface area contributed by atoms with Crippen molar-refractivity contribution in [3.8, 4) is 5.75 Å². The van der Waals surface area contributed by atoms with Gasteiger partial charge in [0.15, 0.2) is 0 Å². The molecule has 1 amide bonds. The lowest BCUT2D eigenvalue weighted by Crippen LogP contribution is -2.52. The second-order valence-corrected chi connectivity index (χ2v) is 9.49. The number of rotatable bonds is 1. The number of amides is 1. The fourth-order valence-electron chi connectivity index (χ4n) is 3.65. The molecule has 0 saturated carbocycles. The van der Waals surface area contributed by atoms with Gasteiger partial charge < -0.3 is 9.64 Å². The van der Waals surface area contributed by atoms with Gasteiger partial charge in [-0.05, 0) is 25.0 Å². The highest BCUT2D eigenvalue weighted by Gasteiger charge is 2.42. The first-order chi connectivity index (χ1) is 11.8. The van der Waals surface area contributed by atoms with Crippen LogP contribution in [0.4, 0.5) is 0 Å². The number of likely N-dealkylation sites (tertiary alicyclic amines) is 1. The van der Waals surface area contributed by atoms with E-state index in [2.05, 4.69) is 0 Å². The van der Waals surface area contributed by atoms with Crippen LogP contribution in [0.5, 0.6) is 5.75 Å². The van der Waals surface area contributed by atoms with Crippen LogP contribution >= 0.6 is 0 Å². The summed E-state index contributed by atoms with van der Waals surface area (Å²) in [5.41, 5.74) is -0.261. The minimum absolute atomic E-state index is 0.0161. The Kier molecular flexibility index (Phi) is 4.81. The number of sulfonamides is 1. The fourth-order valence-corrected chi connectivity index (χ4v) is 5.06. The monoisotopic (exact) mass is 366 g/mol. The van der Waals surface area contributed by atoms with Crippen molar-refractivity contribution >= 4 is 15.9 Å². The van der Waals surface area contributed by atoms with Gasteiger partial charge >= 0.3 is 0 Å². The summed E-state index contributed by atoms with van der Waals surface area (Å²) < 4.78 is 33.1. The van der Waals surface area contributed by atoms with Crippen LogP contribution < -0.4 is 4.74 Å². The van der Waals surface area contributed by atoms with Crippen LogP contribution in [-0.2, 0) is 14.8 Å². The van der Waals surface area contributed by atoms with E-state index in [-0.39, 0.29) is 22.1 Å². The molecule has 1 aromatic carbocycles. The molecule has 0 aliphatic carbocycles. The number of benzene rings is 1. The Labute approximate surface area is 149 Å². The summed E-state index contributed by atoms with van der Waals surface area (Å²) in [6.07, 6.45) is 1.49. The summed E-state index contributed by atoms with van der Waals surface area (Å²) in [6, 6.07) is 6.79. The fraction of sp³-hybridized carbons (Fsp3) is 0.611. The molecule has 0 radical (unpaired) electrons. The number of fused-ring (bicyclic) bond motifs is 1. The summed E-state index contributed by atoms with van der Waals surface area (Å²) in [4.78, 5) is 14.3. The molecule has 0 aromatic heterocycles. The standard InChI is InChI=1S/C18H26N2O4S/c1-14(2)17(21)20-10-8-18(9-11-20)12-19(3)25(22,23)16-7-5-4-6-15(16)24-13-18/h4-7,14H,8-13H2,1-3H3. The normalized spacial score (nSPS) is 22.8. The second kappa shape index (κ2) is 6.61. The Morgan fingerprint density at radius 2 is 1.84 bits per heavy atom. The topological polar surface area (TPSA) is 66.9 Å².